The zero-order valence-corrected chi connectivity index (χ0v) is 17.4. The first-order chi connectivity index (χ1) is 13.7. The lowest BCUT2D eigenvalue weighted by Gasteiger charge is -2.21. The number of nitrogens with one attached hydrogen (secondary N) is 1. The second-order valence-electron chi connectivity index (χ2n) is 7.62. The number of carbonyl (C=O) groups is 2. The van der Waals surface area contributed by atoms with Gasteiger partial charge < -0.3 is 24.4 Å². The summed E-state index contributed by atoms with van der Waals surface area (Å²) < 4.78 is 10.9. The molecule has 1 heterocycles. The molecule has 0 aliphatic heterocycles. The molecule has 1 amide bonds. The fraction of sp³-hybridized carbons (Fsp3) is 0.500. The van der Waals surface area contributed by atoms with Crippen molar-refractivity contribution in [2.75, 3.05) is 6.61 Å². The van der Waals surface area contributed by atoms with E-state index in [1.807, 2.05) is 19.9 Å². The van der Waals surface area contributed by atoms with Crippen LogP contribution in [-0.2, 0) is 16.0 Å². The van der Waals surface area contributed by atoms with Crippen molar-refractivity contribution in [2.45, 2.75) is 59.4 Å². The molecule has 7 nitrogen and oxygen atoms in total. The molecule has 0 saturated heterocycles. The molecule has 1 N–H and O–H groups in total. The predicted molar refractivity (Wildman–Crippen MR) is 108 cm³/mol. The van der Waals surface area contributed by atoms with Crippen molar-refractivity contribution < 1.29 is 23.8 Å². The number of carboxylic acids is 1. The van der Waals surface area contributed by atoms with Crippen LogP contribution in [0.1, 0.15) is 51.2 Å². The average molecular weight is 402 g/mol. The van der Waals surface area contributed by atoms with Crippen LogP contribution in [0.2, 0.25) is 0 Å². The Morgan fingerprint density at radius 1 is 1.28 bits per heavy atom. The number of ether oxygens (including phenoxy) is 1. The SMILES string of the molecule is CCCCc1cc(=O)oc2c(C)c(OCC(=O)N[C@@H](CC(C)C)C(=O)[O-])ccc12. The third-order valence-corrected chi connectivity index (χ3v) is 4.68. The van der Waals surface area contributed by atoms with Gasteiger partial charge in [0.25, 0.3) is 5.91 Å². The van der Waals surface area contributed by atoms with Gasteiger partial charge in [0.2, 0.25) is 0 Å². The van der Waals surface area contributed by atoms with Crippen LogP contribution in [0.4, 0.5) is 0 Å². The van der Waals surface area contributed by atoms with E-state index in [-0.39, 0.29) is 18.9 Å². The van der Waals surface area contributed by atoms with E-state index in [1.54, 1.807) is 13.0 Å². The van der Waals surface area contributed by atoms with Crippen LogP contribution in [0, 0.1) is 12.8 Å². The quantitative estimate of drug-likeness (QED) is 0.610. The molecule has 0 aliphatic carbocycles. The molecule has 0 unspecified atom stereocenters. The van der Waals surface area contributed by atoms with E-state index < -0.39 is 23.5 Å². The maximum absolute atomic E-state index is 12.1. The maximum atomic E-state index is 12.1. The van der Waals surface area contributed by atoms with Crippen LogP contribution in [-0.4, -0.2) is 24.5 Å². The standard InChI is InChI=1S/C22H29NO6/c1-5-6-7-15-11-20(25)29-21-14(4)18(9-8-16(15)21)28-12-19(24)23-17(22(26)27)10-13(2)3/h8-9,11,13,17H,5-7,10,12H2,1-4H3,(H,23,24)(H,26,27)/p-1/t17-/m0/s1. The van der Waals surface area contributed by atoms with Crippen LogP contribution in [0.25, 0.3) is 11.0 Å². The fourth-order valence-corrected chi connectivity index (χ4v) is 3.20. The molecule has 29 heavy (non-hydrogen) atoms. The van der Waals surface area contributed by atoms with E-state index >= 15 is 0 Å². The van der Waals surface area contributed by atoms with E-state index in [0.717, 1.165) is 30.2 Å². The van der Waals surface area contributed by atoms with Crippen molar-refractivity contribution >= 4 is 22.8 Å². The predicted octanol–water partition coefficient (Wildman–Crippen LogP) is 2.10. The molecule has 158 valence electrons. The molecule has 0 aliphatic rings. The summed E-state index contributed by atoms with van der Waals surface area (Å²) in [4.78, 5) is 35.2. The second-order valence-corrected chi connectivity index (χ2v) is 7.62. The van der Waals surface area contributed by atoms with Crippen molar-refractivity contribution in [2.24, 2.45) is 5.92 Å². The van der Waals surface area contributed by atoms with Gasteiger partial charge in [-0.2, -0.15) is 0 Å². The summed E-state index contributed by atoms with van der Waals surface area (Å²) in [6.45, 7) is 7.21. The van der Waals surface area contributed by atoms with Crippen molar-refractivity contribution in [3.8, 4) is 5.75 Å². The molecule has 7 heteroatoms. The minimum Gasteiger partial charge on any atom is -0.548 e. The van der Waals surface area contributed by atoms with Gasteiger partial charge in [0, 0.05) is 17.0 Å². The van der Waals surface area contributed by atoms with Crippen molar-refractivity contribution in [3.63, 3.8) is 0 Å². The zero-order chi connectivity index (χ0) is 21.6. The number of carbonyl (C=O) groups excluding carboxylic acids is 2. The highest BCUT2D eigenvalue weighted by molar-refractivity contribution is 5.86. The number of fused-ring (bicyclic) bond motifs is 1. The van der Waals surface area contributed by atoms with E-state index in [1.165, 1.54) is 6.07 Å². The van der Waals surface area contributed by atoms with Crippen molar-refractivity contribution in [3.05, 3.63) is 39.7 Å². The van der Waals surface area contributed by atoms with Gasteiger partial charge in [0.05, 0.1) is 12.0 Å². The molecule has 1 atom stereocenters. The molecule has 0 bridgehead atoms. The van der Waals surface area contributed by atoms with Crippen molar-refractivity contribution in [1.29, 1.82) is 0 Å². The Morgan fingerprint density at radius 3 is 2.62 bits per heavy atom. The van der Waals surface area contributed by atoms with Crippen LogP contribution in [0.5, 0.6) is 5.75 Å². The average Bonchev–Trinajstić information content (AvgIpc) is 2.65. The van der Waals surface area contributed by atoms with Gasteiger partial charge in [0.1, 0.15) is 11.3 Å². The number of hydrogen-bond donors (Lipinski definition) is 1. The zero-order valence-electron chi connectivity index (χ0n) is 17.4. The summed E-state index contributed by atoms with van der Waals surface area (Å²) in [5.74, 6) is -1.39. The van der Waals surface area contributed by atoms with Gasteiger partial charge in [-0.25, -0.2) is 4.79 Å². The van der Waals surface area contributed by atoms with Gasteiger partial charge in [-0.1, -0.05) is 27.2 Å². The highest BCUT2D eigenvalue weighted by atomic mass is 16.5. The second kappa shape index (κ2) is 10.1. The summed E-state index contributed by atoms with van der Waals surface area (Å²) in [6, 6.07) is 3.99. The number of unbranched alkanes of at least 4 members (excludes halogenated alkanes) is 1. The number of hydrogen-bond acceptors (Lipinski definition) is 6. The van der Waals surface area contributed by atoms with Crippen molar-refractivity contribution in [1.82, 2.24) is 5.32 Å². The summed E-state index contributed by atoms with van der Waals surface area (Å²) in [7, 11) is 0. The number of carboxylic acid groups (broad SMARTS) is 1. The first-order valence-corrected chi connectivity index (χ1v) is 9.92. The molecule has 0 saturated carbocycles. The minimum atomic E-state index is -1.32. The van der Waals surface area contributed by atoms with Gasteiger partial charge in [-0.05, 0) is 49.8 Å². The lowest BCUT2D eigenvalue weighted by molar-refractivity contribution is -0.308. The van der Waals surface area contributed by atoms with Crippen LogP contribution < -0.4 is 20.8 Å². The normalized spacial score (nSPS) is 12.2. The Bertz CT molecular complexity index is 931. The minimum absolute atomic E-state index is 0.0895. The van der Waals surface area contributed by atoms with Crippen LogP contribution in [0.15, 0.2) is 27.4 Å². The lowest BCUT2D eigenvalue weighted by atomic mass is 10.0. The molecule has 1 aromatic carbocycles. The Balaban J connectivity index is 2.16. The number of amides is 1. The molecule has 2 aromatic rings. The lowest BCUT2D eigenvalue weighted by Crippen LogP contribution is -2.49. The molecule has 1 aromatic heterocycles. The third kappa shape index (κ3) is 6.07. The Kier molecular flexibility index (Phi) is 7.82. The third-order valence-electron chi connectivity index (χ3n) is 4.68. The highest BCUT2D eigenvalue weighted by Gasteiger charge is 2.17. The van der Waals surface area contributed by atoms with E-state index in [9.17, 15) is 19.5 Å². The summed E-state index contributed by atoms with van der Waals surface area (Å²) in [5, 5.41) is 14.4. The molecule has 0 spiro atoms. The number of aryl methyl sites for hydroxylation is 2. The maximum Gasteiger partial charge on any atom is 0.336 e. The summed E-state index contributed by atoms with van der Waals surface area (Å²) in [6.07, 6.45) is 3.03. The van der Waals surface area contributed by atoms with E-state index in [0.29, 0.717) is 16.9 Å². The summed E-state index contributed by atoms with van der Waals surface area (Å²) >= 11 is 0. The first kappa shape index (κ1) is 22.5. The molecule has 0 radical (unpaired) electrons. The number of aliphatic carboxylic acids is 1. The van der Waals surface area contributed by atoms with Gasteiger partial charge in [-0.3, -0.25) is 4.79 Å². The van der Waals surface area contributed by atoms with Crippen LogP contribution >= 0.6 is 0 Å². The first-order valence-electron chi connectivity index (χ1n) is 9.92. The fourth-order valence-electron chi connectivity index (χ4n) is 3.20. The van der Waals surface area contributed by atoms with E-state index in [4.69, 9.17) is 9.15 Å². The number of rotatable bonds is 10. The Hall–Kier alpha value is -2.83. The molecule has 0 fully saturated rings. The van der Waals surface area contributed by atoms with Crippen LogP contribution in [0.3, 0.4) is 0 Å². The Morgan fingerprint density at radius 2 is 2.00 bits per heavy atom. The largest absolute Gasteiger partial charge is 0.548 e. The van der Waals surface area contributed by atoms with Gasteiger partial charge in [0.15, 0.2) is 6.61 Å². The van der Waals surface area contributed by atoms with E-state index in [2.05, 4.69) is 12.2 Å². The molecular weight excluding hydrogens is 374 g/mol. The highest BCUT2D eigenvalue weighted by Crippen LogP contribution is 2.29. The molecular formula is C22H28NO6-. The Labute approximate surface area is 170 Å². The molecule has 2 rings (SSSR count). The topological polar surface area (TPSA) is 109 Å². The summed E-state index contributed by atoms with van der Waals surface area (Å²) in [5.41, 5.74) is 1.56. The van der Waals surface area contributed by atoms with Gasteiger partial charge >= 0.3 is 5.63 Å². The smallest absolute Gasteiger partial charge is 0.336 e. The monoisotopic (exact) mass is 402 g/mol. The van der Waals surface area contributed by atoms with Gasteiger partial charge in [-0.15, -0.1) is 0 Å². The number of benzene rings is 1.